The summed E-state index contributed by atoms with van der Waals surface area (Å²) in [5, 5.41) is 0.543. The average Bonchev–Trinajstić information content (AvgIpc) is 3.11. The van der Waals surface area contributed by atoms with Crippen molar-refractivity contribution in [3.63, 3.8) is 0 Å². The first-order valence-electron chi connectivity index (χ1n) is 6.04. The van der Waals surface area contributed by atoms with Gasteiger partial charge in [-0.25, -0.2) is 9.97 Å². The van der Waals surface area contributed by atoms with Gasteiger partial charge >= 0.3 is 0 Å². The van der Waals surface area contributed by atoms with Crippen LogP contribution in [0.15, 0.2) is 12.4 Å². The molecule has 1 heterocycles. The van der Waals surface area contributed by atoms with E-state index in [1.54, 1.807) is 6.33 Å². The molecule has 0 atom stereocenters. The molecular formula is C12H16ClN3. The van der Waals surface area contributed by atoms with Crippen LogP contribution in [0.3, 0.4) is 0 Å². The first-order valence-corrected chi connectivity index (χ1v) is 6.41. The molecule has 16 heavy (non-hydrogen) atoms. The highest BCUT2D eigenvalue weighted by Crippen LogP contribution is 2.35. The zero-order valence-corrected chi connectivity index (χ0v) is 10.0. The maximum atomic E-state index is 5.92. The average molecular weight is 238 g/mol. The minimum absolute atomic E-state index is 0.543. The highest BCUT2D eigenvalue weighted by atomic mass is 35.5. The molecule has 1 aromatic heterocycles. The summed E-state index contributed by atoms with van der Waals surface area (Å²) in [6.07, 6.45) is 7.06. The second-order valence-electron chi connectivity index (χ2n) is 4.99. The molecular weight excluding hydrogens is 222 g/mol. The standard InChI is InChI=1S/C12H16ClN3/c13-11-5-12(15-8-14-11)16(6-9-1-2-9)7-10-3-4-10/h5,8-10H,1-4,6-7H2. The predicted octanol–water partition coefficient (Wildman–Crippen LogP) is 2.76. The van der Waals surface area contributed by atoms with Crippen LogP contribution < -0.4 is 4.90 Å². The van der Waals surface area contributed by atoms with Crippen molar-refractivity contribution < 1.29 is 0 Å². The van der Waals surface area contributed by atoms with Crippen LogP contribution in [0.25, 0.3) is 0 Å². The van der Waals surface area contributed by atoms with Crippen LogP contribution in [-0.2, 0) is 0 Å². The molecule has 0 aliphatic heterocycles. The number of hydrogen-bond donors (Lipinski definition) is 0. The Morgan fingerprint density at radius 3 is 2.25 bits per heavy atom. The van der Waals surface area contributed by atoms with Gasteiger partial charge in [-0.05, 0) is 37.5 Å². The van der Waals surface area contributed by atoms with Crippen molar-refractivity contribution in [1.82, 2.24) is 9.97 Å². The van der Waals surface area contributed by atoms with Crippen molar-refractivity contribution in [3.05, 3.63) is 17.5 Å². The van der Waals surface area contributed by atoms with Gasteiger partial charge in [0.15, 0.2) is 0 Å². The monoisotopic (exact) mass is 237 g/mol. The van der Waals surface area contributed by atoms with E-state index in [4.69, 9.17) is 11.6 Å². The first-order chi connectivity index (χ1) is 7.81. The Kier molecular flexibility index (Phi) is 2.72. The quantitative estimate of drug-likeness (QED) is 0.738. The Hall–Kier alpha value is -0.830. The summed E-state index contributed by atoms with van der Waals surface area (Å²) >= 11 is 5.92. The predicted molar refractivity (Wildman–Crippen MR) is 64.7 cm³/mol. The maximum absolute atomic E-state index is 5.92. The zero-order chi connectivity index (χ0) is 11.0. The highest BCUT2D eigenvalue weighted by molar-refractivity contribution is 6.29. The van der Waals surface area contributed by atoms with Gasteiger partial charge in [-0.15, -0.1) is 0 Å². The third kappa shape index (κ3) is 2.64. The number of nitrogens with zero attached hydrogens (tertiary/aromatic N) is 3. The van der Waals surface area contributed by atoms with Crippen LogP contribution in [-0.4, -0.2) is 23.1 Å². The Labute approximate surface area is 101 Å². The molecule has 3 rings (SSSR count). The van der Waals surface area contributed by atoms with Crippen molar-refractivity contribution in [1.29, 1.82) is 0 Å². The molecule has 1 aromatic rings. The van der Waals surface area contributed by atoms with Gasteiger partial charge in [0.2, 0.25) is 0 Å². The largest absolute Gasteiger partial charge is 0.356 e. The summed E-state index contributed by atoms with van der Waals surface area (Å²) in [7, 11) is 0. The van der Waals surface area contributed by atoms with Gasteiger partial charge in [0, 0.05) is 19.2 Å². The SMILES string of the molecule is Clc1cc(N(CC2CC2)CC2CC2)ncn1. The van der Waals surface area contributed by atoms with Crippen molar-refractivity contribution in [2.45, 2.75) is 25.7 Å². The lowest BCUT2D eigenvalue weighted by Gasteiger charge is -2.23. The fourth-order valence-corrected chi connectivity index (χ4v) is 2.12. The number of rotatable bonds is 5. The molecule has 2 aliphatic carbocycles. The van der Waals surface area contributed by atoms with Crippen LogP contribution in [0.5, 0.6) is 0 Å². The summed E-state index contributed by atoms with van der Waals surface area (Å²) in [4.78, 5) is 10.7. The molecule has 0 unspecified atom stereocenters. The molecule has 0 radical (unpaired) electrons. The smallest absolute Gasteiger partial charge is 0.134 e. The fourth-order valence-electron chi connectivity index (χ4n) is 1.98. The molecule has 0 N–H and O–H groups in total. The second kappa shape index (κ2) is 4.21. The minimum atomic E-state index is 0.543. The molecule has 0 amide bonds. The number of hydrogen-bond acceptors (Lipinski definition) is 3. The lowest BCUT2D eigenvalue weighted by Crippen LogP contribution is -2.28. The van der Waals surface area contributed by atoms with Crippen molar-refractivity contribution in [3.8, 4) is 0 Å². The van der Waals surface area contributed by atoms with Crippen molar-refractivity contribution >= 4 is 17.4 Å². The van der Waals surface area contributed by atoms with Gasteiger partial charge in [0.1, 0.15) is 17.3 Å². The van der Waals surface area contributed by atoms with E-state index in [-0.39, 0.29) is 0 Å². The molecule has 0 bridgehead atoms. The van der Waals surface area contributed by atoms with E-state index in [0.717, 1.165) is 30.7 Å². The van der Waals surface area contributed by atoms with Gasteiger partial charge in [0.05, 0.1) is 0 Å². The van der Waals surface area contributed by atoms with E-state index in [1.807, 2.05) is 6.07 Å². The van der Waals surface area contributed by atoms with Crippen LogP contribution in [0, 0.1) is 11.8 Å². The molecule has 4 heteroatoms. The molecule has 3 nitrogen and oxygen atoms in total. The molecule has 0 aromatic carbocycles. The normalized spacial score (nSPS) is 19.8. The topological polar surface area (TPSA) is 29.0 Å². The van der Waals surface area contributed by atoms with Gasteiger partial charge < -0.3 is 4.90 Å². The van der Waals surface area contributed by atoms with E-state index in [0.29, 0.717) is 5.15 Å². The highest BCUT2D eigenvalue weighted by Gasteiger charge is 2.29. The van der Waals surface area contributed by atoms with E-state index in [9.17, 15) is 0 Å². The Morgan fingerprint density at radius 1 is 1.12 bits per heavy atom. The lowest BCUT2D eigenvalue weighted by atomic mass is 10.3. The zero-order valence-electron chi connectivity index (χ0n) is 9.27. The van der Waals surface area contributed by atoms with Gasteiger partial charge in [-0.2, -0.15) is 0 Å². The van der Waals surface area contributed by atoms with E-state index in [2.05, 4.69) is 14.9 Å². The van der Waals surface area contributed by atoms with Gasteiger partial charge in [-0.3, -0.25) is 0 Å². The molecule has 2 fully saturated rings. The third-order valence-corrected chi connectivity index (χ3v) is 3.50. The fraction of sp³-hybridized carbons (Fsp3) is 0.667. The maximum Gasteiger partial charge on any atom is 0.134 e. The molecule has 0 saturated heterocycles. The van der Waals surface area contributed by atoms with Crippen LogP contribution in [0.1, 0.15) is 25.7 Å². The van der Waals surface area contributed by atoms with E-state index >= 15 is 0 Å². The number of anilines is 1. The van der Waals surface area contributed by atoms with Crippen LogP contribution >= 0.6 is 11.6 Å². The van der Waals surface area contributed by atoms with Crippen molar-refractivity contribution in [2.75, 3.05) is 18.0 Å². The summed E-state index contributed by atoms with van der Waals surface area (Å²) in [6, 6.07) is 1.88. The van der Waals surface area contributed by atoms with Crippen LogP contribution in [0.4, 0.5) is 5.82 Å². The van der Waals surface area contributed by atoms with Gasteiger partial charge in [0.25, 0.3) is 0 Å². The Bertz CT molecular complexity index is 360. The second-order valence-corrected chi connectivity index (χ2v) is 5.38. The molecule has 86 valence electrons. The summed E-state index contributed by atoms with van der Waals surface area (Å²) in [6.45, 7) is 2.29. The van der Waals surface area contributed by atoms with Crippen LogP contribution in [0.2, 0.25) is 5.15 Å². The summed E-state index contributed by atoms with van der Waals surface area (Å²) in [5.74, 6) is 2.76. The molecule has 0 spiro atoms. The summed E-state index contributed by atoms with van der Waals surface area (Å²) < 4.78 is 0. The first kappa shape index (κ1) is 10.3. The Balaban J connectivity index is 1.73. The third-order valence-electron chi connectivity index (χ3n) is 3.29. The van der Waals surface area contributed by atoms with Gasteiger partial charge in [-0.1, -0.05) is 11.6 Å². The number of aromatic nitrogens is 2. The molecule has 2 saturated carbocycles. The minimum Gasteiger partial charge on any atom is -0.356 e. The van der Waals surface area contributed by atoms with E-state index < -0.39 is 0 Å². The van der Waals surface area contributed by atoms with Crippen molar-refractivity contribution in [2.24, 2.45) is 11.8 Å². The summed E-state index contributed by atoms with van der Waals surface area (Å²) in [5.41, 5.74) is 0. The van der Waals surface area contributed by atoms with E-state index in [1.165, 1.54) is 25.7 Å². The number of halogens is 1. The Morgan fingerprint density at radius 2 is 1.75 bits per heavy atom. The molecule has 2 aliphatic rings. The lowest BCUT2D eigenvalue weighted by molar-refractivity contribution is 0.670.